The third-order valence-electron chi connectivity index (χ3n) is 2.60. The highest BCUT2D eigenvalue weighted by atomic mass is 79.9. The summed E-state index contributed by atoms with van der Waals surface area (Å²) in [4.78, 5) is 0. The molecule has 1 heterocycles. The van der Waals surface area contributed by atoms with Gasteiger partial charge < -0.3 is 9.30 Å². The summed E-state index contributed by atoms with van der Waals surface area (Å²) in [7, 11) is 1.88. The van der Waals surface area contributed by atoms with Crippen molar-refractivity contribution in [3.05, 3.63) is 39.9 Å². The molecule has 0 N–H and O–H groups in total. The Morgan fingerprint density at radius 1 is 1.44 bits per heavy atom. The third kappa shape index (κ3) is 2.51. The smallest absolute Gasteiger partial charge is 0.170 e. The fourth-order valence-electron chi connectivity index (χ4n) is 1.43. The SMILES string of the molecule is Cc1nnc(COc2ccc(Br)cc2C#N)n1C. The molecule has 0 aliphatic carbocycles. The van der Waals surface area contributed by atoms with E-state index in [-0.39, 0.29) is 6.61 Å². The molecule has 2 aromatic rings. The topological polar surface area (TPSA) is 63.7 Å². The summed E-state index contributed by atoms with van der Waals surface area (Å²) in [5.74, 6) is 2.09. The van der Waals surface area contributed by atoms with Crippen LogP contribution in [0, 0.1) is 18.3 Å². The second-order valence-corrected chi connectivity index (χ2v) is 4.68. The molecule has 0 bridgehead atoms. The van der Waals surface area contributed by atoms with Crippen LogP contribution in [0.5, 0.6) is 5.75 Å². The number of aromatic nitrogens is 3. The van der Waals surface area contributed by atoms with Crippen molar-refractivity contribution < 1.29 is 4.74 Å². The first-order chi connectivity index (χ1) is 8.61. The van der Waals surface area contributed by atoms with Crippen LogP contribution in [-0.2, 0) is 13.7 Å². The van der Waals surface area contributed by atoms with Gasteiger partial charge in [-0.25, -0.2) is 0 Å². The van der Waals surface area contributed by atoms with Crippen molar-refractivity contribution in [1.82, 2.24) is 14.8 Å². The predicted octanol–water partition coefficient (Wildman–Crippen LogP) is 2.34. The molecule has 0 atom stereocenters. The largest absolute Gasteiger partial charge is 0.484 e. The van der Waals surface area contributed by atoms with Crippen molar-refractivity contribution in [1.29, 1.82) is 5.26 Å². The van der Waals surface area contributed by atoms with Crippen molar-refractivity contribution in [2.45, 2.75) is 13.5 Å². The molecule has 0 unspecified atom stereocenters. The van der Waals surface area contributed by atoms with Crippen LogP contribution in [0.2, 0.25) is 0 Å². The van der Waals surface area contributed by atoms with Crippen molar-refractivity contribution in [3.8, 4) is 11.8 Å². The molecule has 0 aliphatic rings. The second-order valence-electron chi connectivity index (χ2n) is 3.76. The molecule has 0 spiro atoms. The Balaban J connectivity index is 2.16. The molecule has 0 saturated carbocycles. The van der Waals surface area contributed by atoms with Crippen LogP contribution >= 0.6 is 15.9 Å². The van der Waals surface area contributed by atoms with Gasteiger partial charge in [0.25, 0.3) is 0 Å². The van der Waals surface area contributed by atoms with E-state index in [1.54, 1.807) is 12.1 Å². The molecule has 18 heavy (non-hydrogen) atoms. The van der Waals surface area contributed by atoms with Gasteiger partial charge in [0.1, 0.15) is 24.3 Å². The first kappa shape index (κ1) is 12.6. The van der Waals surface area contributed by atoms with E-state index < -0.39 is 0 Å². The van der Waals surface area contributed by atoms with Gasteiger partial charge in [-0.2, -0.15) is 5.26 Å². The van der Waals surface area contributed by atoms with Crippen LogP contribution < -0.4 is 4.74 Å². The number of hydrogen-bond donors (Lipinski definition) is 0. The van der Waals surface area contributed by atoms with Gasteiger partial charge in [-0.1, -0.05) is 15.9 Å². The van der Waals surface area contributed by atoms with E-state index in [0.29, 0.717) is 11.3 Å². The Morgan fingerprint density at radius 2 is 2.22 bits per heavy atom. The first-order valence-corrected chi connectivity index (χ1v) is 6.08. The van der Waals surface area contributed by atoms with E-state index in [1.807, 2.05) is 24.6 Å². The molecule has 0 amide bonds. The molecule has 5 nitrogen and oxygen atoms in total. The standard InChI is InChI=1S/C12H11BrN4O/c1-8-15-16-12(17(8)2)7-18-11-4-3-10(13)5-9(11)6-14/h3-5H,7H2,1-2H3. The Labute approximate surface area is 113 Å². The van der Waals surface area contributed by atoms with Crippen molar-refractivity contribution in [2.24, 2.45) is 7.05 Å². The zero-order chi connectivity index (χ0) is 13.1. The third-order valence-corrected chi connectivity index (χ3v) is 3.09. The lowest BCUT2D eigenvalue weighted by Crippen LogP contribution is -2.05. The highest BCUT2D eigenvalue weighted by Gasteiger charge is 2.08. The molecule has 92 valence electrons. The molecular weight excluding hydrogens is 296 g/mol. The summed E-state index contributed by atoms with van der Waals surface area (Å²) >= 11 is 3.31. The molecule has 1 aromatic heterocycles. The van der Waals surface area contributed by atoms with Gasteiger partial charge in [-0.05, 0) is 25.1 Å². The number of nitrogens with zero attached hydrogens (tertiary/aromatic N) is 4. The Hall–Kier alpha value is -1.87. The zero-order valence-corrected chi connectivity index (χ0v) is 11.6. The Morgan fingerprint density at radius 3 is 2.83 bits per heavy atom. The van der Waals surface area contributed by atoms with Crippen LogP contribution in [0.4, 0.5) is 0 Å². The number of ether oxygens (including phenoxy) is 1. The molecule has 1 aromatic carbocycles. The predicted molar refractivity (Wildman–Crippen MR) is 68.9 cm³/mol. The summed E-state index contributed by atoms with van der Waals surface area (Å²) in [6.07, 6.45) is 0. The van der Waals surface area contributed by atoms with Crippen molar-refractivity contribution in [3.63, 3.8) is 0 Å². The number of nitriles is 1. The first-order valence-electron chi connectivity index (χ1n) is 5.29. The van der Waals surface area contributed by atoms with E-state index in [9.17, 15) is 0 Å². The fraction of sp³-hybridized carbons (Fsp3) is 0.250. The number of hydrogen-bond acceptors (Lipinski definition) is 4. The van der Waals surface area contributed by atoms with Crippen LogP contribution in [0.15, 0.2) is 22.7 Å². The van der Waals surface area contributed by atoms with E-state index in [4.69, 9.17) is 10.00 Å². The molecule has 0 fully saturated rings. The number of halogens is 1. The molecule has 0 radical (unpaired) electrons. The van der Waals surface area contributed by atoms with Gasteiger partial charge in [0.05, 0.1) is 5.56 Å². The van der Waals surface area contributed by atoms with Gasteiger partial charge in [0.15, 0.2) is 5.82 Å². The van der Waals surface area contributed by atoms with Gasteiger partial charge in [-0.3, -0.25) is 0 Å². The van der Waals surface area contributed by atoms with Gasteiger partial charge in [0, 0.05) is 11.5 Å². The van der Waals surface area contributed by atoms with Crippen molar-refractivity contribution in [2.75, 3.05) is 0 Å². The van der Waals surface area contributed by atoms with Gasteiger partial charge >= 0.3 is 0 Å². The maximum absolute atomic E-state index is 9.01. The maximum Gasteiger partial charge on any atom is 0.170 e. The monoisotopic (exact) mass is 306 g/mol. The van der Waals surface area contributed by atoms with Crippen molar-refractivity contribution >= 4 is 15.9 Å². The minimum Gasteiger partial charge on any atom is -0.484 e. The van der Waals surface area contributed by atoms with E-state index in [2.05, 4.69) is 32.2 Å². The summed E-state index contributed by atoms with van der Waals surface area (Å²) < 4.78 is 8.30. The summed E-state index contributed by atoms with van der Waals surface area (Å²) in [5, 5.41) is 17.0. The lowest BCUT2D eigenvalue weighted by molar-refractivity contribution is 0.290. The zero-order valence-electron chi connectivity index (χ0n) is 10.0. The minimum absolute atomic E-state index is 0.285. The highest BCUT2D eigenvalue weighted by molar-refractivity contribution is 9.10. The van der Waals surface area contributed by atoms with Crippen LogP contribution in [0.25, 0.3) is 0 Å². The summed E-state index contributed by atoms with van der Waals surface area (Å²) in [6, 6.07) is 7.40. The Kier molecular flexibility index (Phi) is 3.63. The lowest BCUT2D eigenvalue weighted by atomic mass is 10.2. The van der Waals surface area contributed by atoms with Crippen LogP contribution in [-0.4, -0.2) is 14.8 Å². The molecule has 6 heteroatoms. The quantitative estimate of drug-likeness (QED) is 0.873. The highest BCUT2D eigenvalue weighted by Crippen LogP contribution is 2.23. The van der Waals surface area contributed by atoms with E-state index in [0.717, 1.165) is 16.1 Å². The van der Waals surface area contributed by atoms with Crippen LogP contribution in [0.1, 0.15) is 17.2 Å². The average Bonchev–Trinajstić information content (AvgIpc) is 2.68. The van der Waals surface area contributed by atoms with Gasteiger partial charge in [0.2, 0.25) is 0 Å². The number of rotatable bonds is 3. The maximum atomic E-state index is 9.01. The normalized spacial score (nSPS) is 10.1. The molecule has 0 saturated heterocycles. The van der Waals surface area contributed by atoms with E-state index >= 15 is 0 Å². The number of aryl methyl sites for hydroxylation is 1. The summed E-state index contributed by atoms with van der Waals surface area (Å²) in [6.45, 7) is 2.16. The van der Waals surface area contributed by atoms with Crippen LogP contribution in [0.3, 0.4) is 0 Å². The summed E-state index contributed by atoms with van der Waals surface area (Å²) in [5.41, 5.74) is 0.489. The molecule has 0 aliphatic heterocycles. The lowest BCUT2D eigenvalue weighted by Gasteiger charge is -2.07. The average molecular weight is 307 g/mol. The molecular formula is C12H11BrN4O. The van der Waals surface area contributed by atoms with E-state index in [1.165, 1.54) is 0 Å². The van der Waals surface area contributed by atoms with Gasteiger partial charge in [-0.15, -0.1) is 10.2 Å². The Bertz CT molecular complexity index is 615. The fourth-order valence-corrected chi connectivity index (χ4v) is 1.80. The second kappa shape index (κ2) is 5.19. The minimum atomic E-state index is 0.285. The molecule has 2 rings (SSSR count). The number of benzene rings is 1.